The fourth-order valence-corrected chi connectivity index (χ4v) is 3.09. The lowest BCUT2D eigenvalue weighted by Crippen LogP contribution is -2.05. The van der Waals surface area contributed by atoms with E-state index < -0.39 is 0 Å². The van der Waals surface area contributed by atoms with Crippen molar-refractivity contribution in [1.29, 1.82) is 0 Å². The Morgan fingerprint density at radius 2 is 2.05 bits per heavy atom. The maximum atomic E-state index is 12.1. The number of aromatic nitrogens is 3. The molecule has 0 aliphatic heterocycles. The van der Waals surface area contributed by atoms with Gasteiger partial charge in [-0.15, -0.1) is 10.2 Å². The molecule has 1 fully saturated rings. The van der Waals surface area contributed by atoms with Crippen molar-refractivity contribution in [2.24, 2.45) is 0 Å². The third kappa shape index (κ3) is 2.77. The fraction of sp³-hybridized carbons (Fsp3) is 0.400. The van der Waals surface area contributed by atoms with Gasteiger partial charge in [0.1, 0.15) is 5.82 Å². The van der Waals surface area contributed by atoms with Crippen LogP contribution in [0.2, 0.25) is 0 Å². The van der Waals surface area contributed by atoms with Crippen LogP contribution in [0.15, 0.2) is 35.5 Å². The summed E-state index contributed by atoms with van der Waals surface area (Å²) in [5.41, 5.74) is 0.755. The van der Waals surface area contributed by atoms with E-state index in [9.17, 15) is 4.79 Å². The lowest BCUT2D eigenvalue weighted by Gasteiger charge is -2.06. The summed E-state index contributed by atoms with van der Waals surface area (Å²) in [5, 5.41) is 9.38. The van der Waals surface area contributed by atoms with E-state index in [-0.39, 0.29) is 5.78 Å². The van der Waals surface area contributed by atoms with Gasteiger partial charge in [-0.25, -0.2) is 0 Å². The molecule has 1 saturated carbocycles. The van der Waals surface area contributed by atoms with Gasteiger partial charge in [-0.2, -0.15) is 0 Å². The van der Waals surface area contributed by atoms with E-state index in [1.54, 1.807) is 0 Å². The topological polar surface area (TPSA) is 47.8 Å². The Morgan fingerprint density at radius 3 is 2.70 bits per heavy atom. The van der Waals surface area contributed by atoms with Crippen molar-refractivity contribution in [2.75, 3.05) is 5.75 Å². The van der Waals surface area contributed by atoms with Gasteiger partial charge in [-0.05, 0) is 19.8 Å². The van der Waals surface area contributed by atoms with Crippen LogP contribution in [0.1, 0.15) is 41.9 Å². The molecule has 1 heterocycles. The Hall–Kier alpha value is -1.62. The molecule has 4 nitrogen and oxygen atoms in total. The normalized spacial score (nSPS) is 14.4. The second kappa shape index (κ2) is 5.79. The van der Waals surface area contributed by atoms with Crippen molar-refractivity contribution in [1.82, 2.24) is 14.8 Å². The highest BCUT2D eigenvalue weighted by Crippen LogP contribution is 2.39. The molecule has 2 aromatic rings. The van der Waals surface area contributed by atoms with E-state index >= 15 is 0 Å². The smallest absolute Gasteiger partial charge is 0.191 e. The molecule has 0 amide bonds. The van der Waals surface area contributed by atoms with Crippen LogP contribution in [-0.4, -0.2) is 26.3 Å². The maximum absolute atomic E-state index is 12.1. The fourth-order valence-electron chi connectivity index (χ4n) is 2.19. The zero-order chi connectivity index (χ0) is 13.9. The number of rotatable bonds is 6. The first kappa shape index (κ1) is 13.4. The molecule has 20 heavy (non-hydrogen) atoms. The lowest BCUT2D eigenvalue weighted by molar-refractivity contribution is 0.102. The van der Waals surface area contributed by atoms with Crippen LogP contribution in [0, 0.1) is 0 Å². The standard InChI is InChI=1S/C15H17N3OS/c1-2-18-14(12-8-9-12)16-17-15(18)20-10-13(19)11-6-4-3-5-7-11/h3-7,12H,2,8-10H2,1H3. The van der Waals surface area contributed by atoms with Crippen molar-refractivity contribution in [3.63, 3.8) is 0 Å². The SMILES string of the molecule is CCn1c(SCC(=O)c2ccccc2)nnc1C1CC1. The van der Waals surface area contributed by atoms with Crippen LogP contribution in [0.3, 0.4) is 0 Å². The van der Waals surface area contributed by atoms with Crippen LogP contribution < -0.4 is 0 Å². The predicted octanol–water partition coefficient (Wildman–Crippen LogP) is 3.15. The van der Waals surface area contributed by atoms with E-state index in [0.29, 0.717) is 11.7 Å². The average Bonchev–Trinajstić information content (AvgIpc) is 3.26. The van der Waals surface area contributed by atoms with E-state index in [1.807, 2.05) is 30.3 Å². The number of thioether (sulfide) groups is 1. The number of hydrogen-bond acceptors (Lipinski definition) is 4. The van der Waals surface area contributed by atoms with Gasteiger partial charge in [0, 0.05) is 18.0 Å². The van der Waals surface area contributed by atoms with E-state index in [1.165, 1.54) is 24.6 Å². The summed E-state index contributed by atoms with van der Waals surface area (Å²) in [7, 11) is 0. The number of Topliss-reactive ketones (excluding diaryl/α,β-unsaturated/α-hetero) is 1. The summed E-state index contributed by atoms with van der Waals surface area (Å²) < 4.78 is 2.14. The quantitative estimate of drug-likeness (QED) is 0.605. The van der Waals surface area contributed by atoms with E-state index in [4.69, 9.17) is 0 Å². The molecule has 0 saturated heterocycles. The highest BCUT2D eigenvalue weighted by Gasteiger charge is 2.30. The Labute approximate surface area is 122 Å². The monoisotopic (exact) mass is 287 g/mol. The first-order valence-electron chi connectivity index (χ1n) is 6.93. The molecular formula is C15H17N3OS. The van der Waals surface area contributed by atoms with Gasteiger partial charge in [0.2, 0.25) is 0 Å². The van der Waals surface area contributed by atoms with Crippen molar-refractivity contribution in [3.05, 3.63) is 41.7 Å². The largest absolute Gasteiger partial charge is 0.306 e. The molecule has 0 atom stereocenters. The summed E-state index contributed by atoms with van der Waals surface area (Å²) in [5.74, 6) is 2.21. The molecule has 0 N–H and O–H groups in total. The zero-order valence-corrected chi connectivity index (χ0v) is 12.3. The molecule has 1 aromatic heterocycles. The summed E-state index contributed by atoms with van der Waals surface area (Å²) in [6.45, 7) is 2.96. The van der Waals surface area contributed by atoms with Gasteiger partial charge in [0.05, 0.1) is 5.75 Å². The minimum absolute atomic E-state index is 0.134. The van der Waals surface area contributed by atoms with Gasteiger partial charge in [0.25, 0.3) is 0 Å². The number of carbonyl (C=O) groups excluding carboxylic acids is 1. The van der Waals surface area contributed by atoms with E-state index in [0.717, 1.165) is 23.1 Å². The second-order valence-electron chi connectivity index (χ2n) is 4.94. The molecular weight excluding hydrogens is 270 g/mol. The molecule has 0 bridgehead atoms. The number of benzene rings is 1. The zero-order valence-electron chi connectivity index (χ0n) is 11.5. The van der Waals surface area contributed by atoms with Crippen LogP contribution >= 0.6 is 11.8 Å². The third-order valence-corrected chi connectivity index (χ3v) is 4.40. The molecule has 0 radical (unpaired) electrons. The van der Waals surface area contributed by atoms with Crippen molar-refractivity contribution in [3.8, 4) is 0 Å². The van der Waals surface area contributed by atoms with Gasteiger partial charge < -0.3 is 4.57 Å². The van der Waals surface area contributed by atoms with Crippen LogP contribution in [0.4, 0.5) is 0 Å². The summed E-state index contributed by atoms with van der Waals surface area (Å²) in [6.07, 6.45) is 2.43. The van der Waals surface area contributed by atoms with Gasteiger partial charge >= 0.3 is 0 Å². The highest BCUT2D eigenvalue weighted by molar-refractivity contribution is 7.99. The average molecular weight is 287 g/mol. The Bertz CT molecular complexity index is 605. The molecule has 5 heteroatoms. The Kier molecular flexibility index (Phi) is 3.87. The highest BCUT2D eigenvalue weighted by atomic mass is 32.2. The molecule has 1 aliphatic rings. The Balaban J connectivity index is 1.68. The van der Waals surface area contributed by atoms with Crippen LogP contribution in [0.25, 0.3) is 0 Å². The molecule has 0 spiro atoms. The molecule has 1 aromatic carbocycles. The van der Waals surface area contributed by atoms with Gasteiger partial charge in [0.15, 0.2) is 10.9 Å². The number of hydrogen-bond donors (Lipinski definition) is 0. The minimum Gasteiger partial charge on any atom is -0.306 e. The predicted molar refractivity (Wildman–Crippen MR) is 79.2 cm³/mol. The molecule has 1 aliphatic carbocycles. The van der Waals surface area contributed by atoms with Crippen molar-refractivity contribution in [2.45, 2.75) is 37.4 Å². The Morgan fingerprint density at radius 1 is 1.30 bits per heavy atom. The first-order valence-corrected chi connectivity index (χ1v) is 7.92. The minimum atomic E-state index is 0.134. The summed E-state index contributed by atoms with van der Waals surface area (Å²) in [4.78, 5) is 12.1. The maximum Gasteiger partial charge on any atom is 0.191 e. The number of carbonyl (C=O) groups is 1. The lowest BCUT2D eigenvalue weighted by atomic mass is 10.2. The van der Waals surface area contributed by atoms with Crippen molar-refractivity contribution >= 4 is 17.5 Å². The van der Waals surface area contributed by atoms with Crippen LogP contribution in [0.5, 0.6) is 0 Å². The van der Waals surface area contributed by atoms with Crippen LogP contribution in [-0.2, 0) is 6.54 Å². The third-order valence-electron chi connectivity index (χ3n) is 3.43. The molecule has 104 valence electrons. The second-order valence-corrected chi connectivity index (χ2v) is 5.88. The van der Waals surface area contributed by atoms with E-state index in [2.05, 4.69) is 21.7 Å². The summed E-state index contributed by atoms with van der Waals surface area (Å²) >= 11 is 1.48. The first-order chi connectivity index (χ1) is 9.79. The van der Waals surface area contributed by atoms with Gasteiger partial charge in [-0.1, -0.05) is 42.1 Å². The van der Waals surface area contributed by atoms with Gasteiger partial charge in [-0.3, -0.25) is 4.79 Å². The summed E-state index contributed by atoms with van der Waals surface area (Å²) in [6, 6.07) is 9.39. The number of ketones is 1. The number of nitrogens with zero attached hydrogens (tertiary/aromatic N) is 3. The van der Waals surface area contributed by atoms with Crippen molar-refractivity contribution < 1.29 is 4.79 Å². The molecule has 3 rings (SSSR count). The molecule has 0 unspecified atom stereocenters.